The molecule has 1 nitrogen and oxygen atoms in total. The van der Waals surface area contributed by atoms with Crippen molar-refractivity contribution in [2.75, 3.05) is 0 Å². The second-order valence-corrected chi connectivity index (χ2v) is 4.75. The van der Waals surface area contributed by atoms with Gasteiger partial charge in [0.05, 0.1) is 6.10 Å². The quantitative estimate of drug-likeness (QED) is 0.574. The summed E-state index contributed by atoms with van der Waals surface area (Å²) in [6.07, 6.45) is 0.422. The Morgan fingerprint density at radius 3 is 2.71 bits per heavy atom. The van der Waals surface area contributed by atoms with Crippen molar-refractivity contribution in [2.24, 2.45) is 0 Å². The van der Waals surface area contributed by atoms with Crippen molar-refractivity contribution in [3.8, 4) is 0 Å². The van der Waals surface area contributed by atoms with Gasteiger partial charge in [0, 0.05) is 6.42 Å². The zero-order chi connectivity index (χ0) is 11.4. The summed E-state index contributed by atoms with van der Waals surface area (Å²) < 4.78 is 0. The Morgan fingerprint density at radius 2 is 1.76 bits per heavy atom. The molecule has 3 aromatic carbocycles. The molecule has 0 bridgehead atoms. The molecule has 0 aromatic heterocycles. The first kappa shape index (κ1) is 9.20. The number of benzene rings is 3. The average Bonchev–Trinajstić information content (AvgIpc) is 2.68. The molecule has 0 amide bonds. The van der Waals surface area contributed by atoms with Crippen molar-refractivity contribution in [1.82, 2.24) is 0 Å². The minimum Gasteiger partial charge on any atom is -0.388 e. The Bertz CT molecular complexity index is 743. The van der Waals surface area contributed by atoms with Crippen molar-refractivity contribution in [3.05, 3.63) is 59.7 Å². The van der Waals surface area contributed by atoms with Gasteiger partial charge in [-0.2, -0.15) is 0 Å². The third-order valence-corrected chi connectivity index (χ3v) is 3.77. The van der Waals surface area contributed by atoms with E-state index in [9.17, 15) is 5.11 Å². The maximum Gasteiger partial charge on any atom is 0.0836 e. The van der Waals surface area contributed by atoms with Crippen LogP contribution in [0, 0.1) is 0 Å². The van der Waals surface area contributed by atoms with E-state index in [1.165, 1.54) is 27.1 Å². The van der Waals surface area contributed by atoms with E-state index in [2.05, 4.69) is 36.4 Å². The fourth-order valence-corrected chi connectivity index (χ4v) is 3.04. The van der Waals surface area contributed by atoms with Crippen molar-refractivity contribution < 1.29 is 5.11 Å². The zero-order valence-corrected chi connectivity index (χ0v) is 9.35. The number of hydrogen-bond donors (Lipinski definition) is 1. The molecule has 17 heavy (non-hydrogen) atoms. The third-order valence-electron chi connectivity index (χ3n) is 3.77. The van der Waals surface area contributed by atoms with E-state index in [0.29, 0.717) is 0 Å². The lowest BCUT2D eigenvalue weighted by molar-refractivity contribution is 0.185. The number of rotatable bonds is 0. The standard InChI is InChI=1S/C16H12O/c17-15-9-11-8-10-4-1-2-5-12(10)13-6-3-7-14(15)16(11)13/h1-8,15,17H,9H2. The van der Waals surface area contributed by atoms with Gasteiger partial charge in [0.15, 0.2) is 0 Å². The molecule has 1 heteroatoms. The molecule has 1 aliphatic carbocycles. The smallest absolute Gasteiger partial charge is 0.0836 e. The molecule has 0 aliphatic heterocycles. The van der Waals surface area contributed by atoms with Crippen LogP contribution in [0.15, 0.2) is 48.5 Å². The van der Waals surface area contributed by atoms with Gasteiger partial charge in [0.25, 0.3) is 0 Å². The summed E-state index contributed by atoms with van der Waals surface area (Å²) in [5.41, 5.74) is 2.37. The lowest BCUT2D eigenvalue weighted by Gasteiger charge is -2.06. The number of hydrogen-bond acceptors (Lipinski definition) is 1. The van der Waals surface area contributed by atoms with Gasteiger partial charge in [0.1, 0.15) is 0 Å². The van der Waals surface area contributed by atoms with Crippen LogP contribution in [-0.4, -0.2) is 5.11 Å². The molecule has 1 unspecified atom stereocenters. The van der Waals surface area contributed by atoms with Crippen LogP contribution in [0.2, 0.25) is 0 Å². The summed E-state index contributed by atoms with van der Waals surface area (Å²) in [5, 5.41) is 15.2. The fraction of sp³-hybridized carbons (Fsp3) is 0.125. The van der Waals surface area contributed by atoms with Gasteiger partial charge in [-0.05, 0) is 32.7 Å². The largest absolute Gasteiger partial charge is 0.388 e. The Labute approximate surface area is 99.3 Å². The topological polar surface area (TPSA) is 20.2 Å². The highest BCUT2D eigenvalue weighted by Crippen LogP contribution is 2.40. The first-order valence-corrected chi connectivity index (χ1v) is 5.96. The van der Waals surface area contributed by atoms with Crippen LogP contribution in [0.25, 0.3) is 21.5 Å². The van der Waals surface area contributed by atoms with Crippen molar-refractivity contribution in [1.29, 1.82) is 0 Å². The molecule has 0 saturated heterocycles. The van der Waals surface area contributed by atoms with Crippen LogP contribution in [0.1, 0.15) is 17.2 Å². The van der Waals surface area contributed by atoms with E-state index in [1.807, 2.05) is 12.1 Å². The highest BCUT2D eigenvalue weighted by molar-refractivity contribution is 6.10. The number of aliphatic hydroxyl groups excluding tert-OH is 1. The molecule has 0 saturated carbocycles. The second-order valence-electron chi connectivity index (χ2n) is 4.75. The Kier molecular flexibility index (Phi) is 1.67. The summed E-state index contributed by atoms with van der Waals surface area (Å²) in [7, 11) is 0. The maximum atomic E-state index is 10.1. The van der Waals surface area contributed by atoms with Crippen LogP contribution in [0.4, 0.5) is 0 Å². The summed E-state index contributed by atoms with van der Waals surface area (Å²) in [5.74, 6) is 0. The van der Waals surface area contributed by atoms with Crippen LogP contribution < -0.4 is 0 Å². The normalized spacial score (nSPS) is 18.1. The van der Waals surface area contributed by atoms with E-state index >= 15 is 0 Å². The van der Waals surface area contributed by atoms with E-state index < -0.39 is 0 Å². The summed E-state index contributed by atoms with van der Waals surface area (Å²) in [4.78, 5) is 0. The molecular weight excluding hydrogens is 208 g/mol. The van der Waals surface area contributed by atoms with E-state index in [0.717, 1.165) is 12.0 Å². The molecular formula is C16H12O. The van der Waals surface area contributed by atoms with Gasteiger partial charge in [-0.3, -0.25) is 0 Å². The van der Waals surface area contributed by atoms with Crippen molar-refractivity contribution in [3.63, 3.8) is 0 Å². The molecule has 3 aromatic rings. The summed E-state index contributed by atoms with van der Waals surface area (Å²) in [6, 6.07) is 16.9. The molecule has 1 atom stereocenters. The minimum atomic E-state index is -0.328. The Balaban J connectivity index is 2.31. The highest BCUT2D eigenvalue weighted by Gasteiger charge is 2.23. The van der Waals surface area contributed by atoms with Gasteiger partial charge >= 0.3 is 0 Å². The number of aliphatic hydroxyl groups is 1. The summed E-state index contributed by atoms with van der Waals surface area (Å²) in [6.45, 7) is 0. The second kappa shape index (κ2) is 3.08. The van der Waals surface area contributed by atoms with Gasteiger partial charge in [-0.1, -0.05) is 48.5 Å². The SMILES string of the molecule is OC1Cc2cc3ccccc3c3cccc1c23. The monoisotopic (exact) mass is 220 g/mol. The average molecular weight is 220 g/mol. The van der Waals surface area contributed by atoms with Gasteiger partial charge < -0.3 is 5.11 Å². The first-order valence-electron chi connectivity index (χ1n) is 5.96. The van der Waals surface area contributed by atoms with E-state index in [4.69, 9.17) is 0 Å². The Morgan fingerprint density at radius 1 is 0.941 bits per heavy atom. The predicted octanol–water partition coefficient (Wildman–Crippen LogP) is 3.58. The summed E-state index contributed by atoms with van der Waals surface area (Å²) >= 11 is 0. The number of fused-ring (bicyclic) bond motifs is 2. The molecule has 82 valence electrons. The zero-order valence-electron chi connectivity index (χ0n) is 9.35. The van der Waals surface area contributed by atoms with Gasteiger partial charge in [0.2, 0.25) is 0 Å². The molecule has 0 heterocycles. The fourth-order valence-electron chi connectivity index (χ4n) is 3.04. The van der Waals surface area contributed by atoms with Gasteiger partial charge in [-0.25, -0.2) is 0 Å². The van der Waals surface area contributed by atoms with Crippen molar-refractivity contribution in [2.45, 2.75) is 12.5 Å². The molecule has 1 N–H and O–H groups in total. The van der Waals surface area contributed by atoms with Gasteiger partial charge in [-0.15, -0.1) is 0 Å². The van der Waals surface area contributed by atoms with Crippen LogP contribution in [0.3, 0.4) is 0 Å². The minimum absolute atomic E-state index is 0.328. The van der Waals surface area contributed by atoms with Crippen molar-refractivity contribution >= 4 is 21.5 Å². The molecule has 4 rings (SSSR count). The Hall–Kier alpha value is -1.86. The highest BCUT2D eigenvalue weighted by atomic mass is 16.3. The predicted molar refractivity (Wildman–Crippen MR) is 70.1 cm³/mol. The third kappa shape index (κ3) is 1.12. The molecule has 0 fully saturated rings. The molecule has 0 radical (unpaired) electrons. The van der Waals surface area contributed by atoms with E-state index in [1.54, 1.807) is 0 Å². The van der Waals surface area contributed by atoms with Crippen LogP contribution in [0.5, 0.6) is 0 Å². The lowest BCUT2D eigenvalue weighted by atomic mass is 9.98. The molecule has 0 spiro atoms. The first-order chi connectivity index (χ1) is 8.34. The maximum absolute atomic E-state index is 10.1. The molecule has 1 aliphatic rings. The van der Waals surface area contributed by atoms with Crippen LogP contribution >= 0.6 is 0 Å². The van der Waals surface area contributed by atoms with E-state index in [-0.39, 0.29) is 6.10 Å². The van der Waals surface area contributed by atoms with Crippen LogP contribution in [-0.2, 0) is 6.42 Å². The lowest BCUT2D eigenvalue weighted by Crippen LogP contribution is -1.91.